The molecule has 74 valence electrons. The summed E-state index contributed by atoms with van der Waals surface area (Å²) in [7, 11) is 0. The van der Waals surface area contributed by atoms with Crippen molar-refractivity contribution in [1.29, 1.82) is 0 Å². The van der Waals surface area contributed by atoms with E-state index in [0.29, 0.717) is 0 Å². The molecular weight excluding hydrogens is 246 g/mol. The molecule has 0 amide bonds. The Morgan fingerprint density at radius 3 is 1.75 bits per heavy atom. The molecule has 0 aromatic rings. The second-order valence-electron chi connectivity index (χ2n) is 1.69. The Hall–Kier alpha value is 0.550. The maximum Gasteiger partial charge on any atom is 0.346 e. The van der Waals surface area contributed by atoms with Gasteiger partial charge in [0.2, 0.25) is 10.6 Å². The zero-order valence-electron chi connectivity index (χ0n) is 5.29. The zero-order valence-corrected chi connectivity index (χ0v) is 7.55. The van der Waals surface area contributed by atoms with Crippen molar-refractivity contribution in [3.8, 4) is 0 Å². The molecule has 0 rings (SSSR count). The summed E-state index contributed by atoms with van der Waals surface area (Å²) in [6.07, 6.45) is -3.92. The molecule has 0 bridgehead atoms. The van der Waals surface area contributed by atoms with Gasteiger partial charge in [0, 0.05) is 0 Å². The number of hydrogen-bond acceptors (Lipinski definition) is 1. The van der Waals surface area contributed by atoms with Crippen molar-refractivity contribution in [2.45, 2.75) is 22.9 Å². The summed E-state index contributed by atoms with van der Waals surface area (Å²) in [5, 5.41) is -1.67. The van der Waals surface area contributed by atoms with E-state index in [1.807, 2.05) is 0 Å². The predicted molar refractivity (Wildman–Crippen MR) is 37.2 cm³/mol. The van der Waals surface area contributed by atoms with Crippen LogP contribution in [0.1, 0.15) is 0 Å². The van der Waals surface area contributed by atoms with Gasteiger partial charge >= 0.3 is 12.3 Å². The predicted octanol–water partition coefficient (Wildman–Crippen LogP) is 3.23. The maximum atomic E-state index is 12.2. The minimum atomic E-state index is -4.47. The Bertz CT molecular complexity index is 142. The first-order valence-electron chi connectivity index (χ1n) is 2.52. The topological polar surface area (TPSA) is 9.23 Å². The van der Waals surface area contributed by atoms with E-state index in [1.54, 1.807) is 0 Å². The van der Waals surface area contributed by atoms with Gasteiger partial charge in [-0.25, -0.2) is 8.78 Å². The van der Waals surface area contributed by atoms with Crippen LogP contribution >= 0.6 is 34.8 Å². The first-order chi connectivity index (χ1) is 5.28. The average molecular weight is 249 g/mol. The van der Waals surface area contributed by atoms with E-state index in [1.165, 1.54) is 0 Å². The third-order valence-corrected chi connectivity index (χ3v) is 1.42. The smallest absolute Gasteiger partial charge is 0.323 e. The fourth-order valence-corrected chi connectivity index (χ4v) is 0.789. The number of ether oxygens (including phenoxy) is 1. The van der Waals surface area contributed by atoms with Crippen LogP contribution in [0.15, 0.2) is 0 Å². The SMILES string of the molecule is FC(F)C(F)(F)C(Cl)OC(Cl)Cl. The van der Waals surface area contributed by atoms with Crippen LogP contribution in [0.5, 0.6) is 0 Å². The van der Waals surface area contributed by atoms with Gasteiger partial charge in [0.1, 0.15) is 0 Å². The molecule has 0 spiro atoms. The van der Waals surface area contributed by atoms with E-state index in [4.69, 9.17) is 34.8 Å². The molecule has 0 fully saturated rings. The van der Waals surface area contributed by atoms with Crippen LogP contribution in [0.25, 0.3) is 0 Å². The highest BCUT2D eigenvalue weighted by Crippen LogP contribution is 2.32. The summed E-state index contributed by atoms with van der Waals surface area (Å²) >= 11 is 14.5. The summed E-state index contributed by atoms with van der Waals surface area (Å²) in [4.78, 5) is 0. The van der Waals surface area contributed by atoms with Crippen LogP contribution in [-0.4, -0.2) is 22.9 Å². The van der Waals surface area contributed by atoms with E-state index in [-0.39, 0.29) is 0 Å². The molecule has 0 heterocycles. The zero-order chi connectivity index (χ0) is 9.94. The molecular formula is C4H3Cl3F4O. The number of rotatable bonds is 4. The molecule has 12 heavy (non-hydrogen) atoms. The molecule has 0 aromatic heterocycles. The molecule has 0 saturated carbocycles. The van der Waals surface area contributed by atoms with E-state index < -0.39 is 22.9 Å². The monoisotopic (exact) mass is 248 g/mol. The minimum absolute atomic E-state index is 1.67. The van der Waals surface area contributed by atoms with E-state index in [2.05, 4.69) is 4.74 Å². The van der Waals surface area contributed by atoms with Crippen LogP contribution in [0.2, 0.25) is 0 Å². The molecule has 0 saturated heterocycles. The van der Waals surface area contributed by atoms with Crippen molar-refractivity contribution in [2.75, 3.05) is 0 Å². The molecule has 0 aliphatic carbocycles. The highest BCUT2D eigenvalue weighted by Gasteiger charge is 2.49. The van der Waals surface area contributed by atoms with Gasteiger partial charge in [0.25, 0.3) is 0 Å². The summed E-state index contributed by atoms with van der Waals surface area (Å²) in [6, 6.07) is 0. The lowest BCUT2D eigenvalue weighted by atomic mass is 10.4. The molecule has 1 unspecified atom stereocenters. The molecule has 0 radical (unpaired) electrons. The van der Waals surface area contributed by atoms with E-state index in [0.717, 1.165) is 0 Å². The largest absolute Gasteiger partial charge is 0.346 e. The van der Waals surface area contributed by atoms with Gasteiger partial charge < -0.3 is 4.74 Å². The van der Waals surface area contributed by atoms with Crippen molar-refractivity contribution < 1.29 is 22.3 Å². The van der Waals surface area contributed by atoms with Crippen LogP contribution in [0.4, 0.5) is 17.6 Å². The summed E-state index contributed by atoms with van der Waals surface area (Å²) in [5.41, 5.74) is -2.54. The van der Waals surface area contributed by atoms with Gasteiger partial charge in [-0.05, 0) is 0 Å². The Kier molecular flexibility index (Phi) is 4.91. The van der Waals surface area contributed by atoms with Crippen LogP contribution < -0.4 is 0 Å². The van der Waals surface area contributed by atoms with Crippen molar-refractivity contribution in [3.05, 3.63) is 0 Å². The quantitative estimate of drug-likeness (QED) is 0.549. The van der Waals surface area contributed by atoms with Gasteiger partial charge in [0.05, 0.1) is 0 Å². The molecule has 0 aromatic carbocycles. The lowest BCUT2D eigenvalue weighted by Crippen LogP contribution is -2.39. The fourth-order valence-electron chi connectivity index (χ4n) is 0.280. The molecule has 1 nitrogen and oxygen atoms in total. The second-order valence-corrected chi connectivity index (χ2v) is 3.10. The van der Waals surface area contributed by atoms with Gasteiger partial charge in [-0.1, -0.05) is 34.8 Å². The summed E-state index contributed by atoms with van der Waals surface area (Å²) in [6.45, 7) is 0. The Morgan fingerprint density at radius 2 is 1.50 bits per heavy atom. The van der Waals surface area contributed by atoms with Crippen LogP contribution in [0.3, 0.4) is 0 Å². The Balaban J connectivity index is 4.15. The van der Waals surface area contributed by atoms with Gasteiger partial charge in [-0.3, -0.25) is 0 Å². The molecule has 0 aliphatic heterocycles. The number of hydrogen-bond donors (Lipinski definition) is 0. The molecule has 1 atom stereocenters. The van der Waals surface area contributed by atoms with Gasteiger partial charge in [-0.2, -0.15) is 8.78 Å². The van der Waals surface area contributed by atoms with E-state index >= 15 is 0 Å². The van der Waals surface area contributed by atoms with Crippen molar-refractivity contribution >= 4 is 34.8 Å². The fraction of sp³-hybridized carbons (Fsp3) is 1.00. The summed E-state index contributed by atoms with van der Waals surface area (Å²) in [5.74, 6) is -4.47. The lowest BCUT2D eigenvalue weighted by Gasteiger charge is -2.21. The first-order valence-corrected chi connectivity index (χ1v) is 3.83. The maximum absolute atomic E-state index is 12.2. The third-order valence-electron chi connectivity index (χ3n) is 0.816. The van der Waals surface area contributed by atoms with Gasteiger partial charge in [0.15, 0.2) is 0 Å². The van der Waals surface area contributed by atoms with Crippen molar-refractivity contribution in [3.63, 3.8) is 0 Å². The van der Waals surface area contributed by atoms with Gasteiger partial charge in [-0.15, -0.1) is 0 Å². The normalized spacial score (nSPS) is 15.8. The third kappa shape index (κ3) is 3.51. The number of alkyl halides is 7. The van der Waals surface area contributed by atoms with E-state index in [9.17, 15) is 17.6 Å². The highest BCUT2D eigenvalue weighted by molar-refractivity contribution is 6.43. The van der Waals surface area contributed by atoms with Crippen LogP contribution in [0, 0.1) is 0 Å². The van der Waals surface area contributed by atoms with Crippen molar-refractivity contribution in [1.82, 2.24) is 0 Å². The molecule has 0 N–H and O–H groups in total. The van der Waals surface area contributed by atoms with Crippen LogP contribution in [-0.2, 0) is 4.74 Å². The standard InChI is InChI=1S/C4H3Cl3F4O/c5-1(12-3(6)7)4(10,11)2(8)9/h1-3H. The highest BCUT2D eigenvalue weighted by atomic mass is 35.5. The average Bonchev–Trinajstić information content (AvgIpc) is 1.85. The molecule has 0 aliphatic rings. The van der Waals surface area contributed by atoms with Crippen molar-refractivity contribution in [2.24, 2.45) is 0 Å². The summed E-state index contributed by atoms with van der Waals surface area (Å²) < 4.78 is 51.2. The number of halogens is 7. The first kappa shape index (κ1) is 12.6. The molecule has 8 heteroatoms. The Labute approximate surface area is 80.5 Å². The second kappa shape index (κ2) is 4.69. The Morgan fingerprint density at radius 1 is 1.08 bits per heavy atom. The minimum Gasteiger partial charge on any atom is -0.323 e. The lowest BCUT2D eigenvalue weighted by molar-refractivity contribution is -0.179.